The largest absolute Gasteiger partial charge is 0.433 e. The van der Waals surface area contributed by atoms with Gasteiger partial charge in [-0.1, -0.05) is 11.3 Å². The van der Waals surface area contributed by atoms with E-state index in [1.54, 1.807) is 0 Å². The summed E-state index contributed by atoms with van der Waals surface area (Å²) in [6.45, 7) is 0. The van der Waals surface area contributed by atoms with Crippen LogP contribution >= 0.6 is 11.3 Å². The molecule has 0 radical (unpaired) electrons. The summed E-state index contributed by atoms with van der Waals surface area (Å²) in [6.07, 6.45) is 1.26. The standard InChI is InChI=1S/C19H10FN5O6S/c20-12-3-6-14-16(9-12)32-19(22-14)23(18(26)15-7-8-17(31-15)25(29)30)21-10-11-1-4-13(5-2-11)24(27)28/h1-10H/b21-10+. The Morgan fingerprint density at radius 3 is 2.50 bits per heavy atom. The van der Waals surface area contributed by atoms with Gasteiger partial charge in [-0.3, -0.25) is 25.0 Å². The maximum Gasteiger partial charge on any atom is 0.433 e. The molecule has 2 aromatic heterocycles. The van der Waals surface area contributed by atoms with Crippen LogP contribution in [0.1, 0.15) is 16.1 Å². The molecule has 0 fully saturated rings. The number of anilines is 1. The van der Waals surface area contributed by atoms with E-state index in [9.17, 15) is 29.4 Å². The third-order valence-electron chi connectivity index (χ3n) is 4.12. The monoisotopic (exact) mass is 455 g/mol. The molecule has 2 aromatic carbocycles. The molecule has 0 saturated carbocycles. The summed E-state index contributed by atoms with van der Waals surface area (Å²) in [6, 6.07) is 11.4. The number of fused-ring (bicyclic) bond motifs is 1. The highest BCUT2D eigenvalue weighted by atomic mass is 32.1. The number of hydrazone groups is 1. The molecular formula is C19H10FN5O6S. The maximum atomic E-state index is 13.5. The number of non-ortho nitro benzene ring substituents is 1. The number of hydrogen-bond acceptors (Lipinski definition) is 9. The summed E-state index contributed by atoms with van der Waals surface area (Å²) in [5.41, 5.74) is 0.734. The van der Waals surface area contributed by atoms with Crippen molar-refractivity contribution in [1.82, 2.24) is 4.98 Å². The lowest BCUT2D eigenvalue weighted by molar-refractivity contribution is -0.402. The Kier molecular flexibility index (Phi) is 5.39. The minimum Gasteiger partial charge on any atom is -0.395 e. The van der Waals surface area contributed by atoms with E-state index in [0.717, 1.165) is 28.5 Å². The number of nitro groups is 2. The Labute approximate surface area is 181 Å². The predicted octanol–water partition coefficient (Wildman–Crippen LogP) is 4.53. The lowest BCUT2D eigenvalue weighted by atomic mass is 10.2. The van der Waals surface area contributed by atoms with Gasteiger partial charge in [-0.25, -0.2) is 9.37 Å². The van der Waals surface area contributed by atoms with Crippen LogP contribution < -0.4 is 5.01 Å². The van der Waals surface area contributed by atoms with Crippen LogP contribution in [0.15, 0.2) is 64.1 Å². The fourth-order valence-corrected chi connectivity index (χ4v) is 3.56. The maximum absolute atomic E-state index is 13.5. The molecule has 0 unspecified atom stereocenters. The normalized spacial score (nSPS) is 11.2. The first-order chi connectivity index (χ1) is 15.3. The molecule has 4 rings (SSSR count). The number of furan rings is 1. The predicted molar refractivity (Wildman–Crippen MR) is 112 cm³/mol. The molecule has 0 N–H and O–H groups in total. The zero-order chi connectivity index (χ0) is 22.8. The van der Waals surface area contributed by atoms with Gasteiger partial charge in [0.05, 0.1) is 27.4 Å². The van der Waals surface area contributed by atoms with Gasteiger partial charge in [0.2, 0.25) is 10.9 Å². The number of carbonyl (C=O) groups excluding carboxylic acids is 1. The van der Waals surface area contributed by atoms with Crippen LogP contribution in [0.3, 0.4) is 0 Å². The summed E-state index contributed by atoms with van der Waals surface area (Å²) in [7, 11) is 0. The van der Waals surface area contributed by atoms with Gasteiger partial charge in [0.1, 0.15) is 10.7 Å². The number of benzene rings is 2. The zero-order valence-corrected chi connectivity index (χ0v) is 16.6. The lowest BCUT2D eigenvalue weighted by Gasteiger charge is -2.11. The number of halogens is 1. The summed E-state index contributed by atoms with van der Waals surface area (Å²) < 4.78 is 19.0. The quantitative estimate of drug-likeness (QED) is 0.236. The fourth-order valence-electron chi connectivity index (χ4n) is 2.62. The second-order valence-corrected chi connectivity index (χ2v) is 7.22. The van der Waals surface area contributed by atoms with Crippen LogP contribution in [0, 0.1) is 26.0 Å². The van der Waals surface area contributed by atoms with Crippen LogP contribution in [-0.2, 0) is 0 Å². The van der Waals surface area contributed by atoms with E-state index >= 15 is 0 Å². The van der Waals surface area contributed by atoms with Gasteiger partial charge < -0.3 is 4.42 Å². The van der Waals surface area contributed by atoms with Crippen LogP contribution in [0.4, 0.5) is 21.1 Å². The van der Waals surface area contributed by atoms with Crippen molar-refractivity contribution < 1.29 is 23.4 Å². The third kappa shape index (κ3) is 4.17. The Bertz CT molecular complexity index is 1380. The summed E-state index contributed by atoms with van der Waals surface area (Å²) in [5, 5.41) is 26.7. The van der Waals surface area contributed by atoms with E-state index in [1.807, 2.05) is 0 Å². The molecule has 13 heteroatoms. The zero-order valence-electron chi connectivity index (χ0n) is 15.7. The Morgan fingerprint density at radius 2 is 1.84 bits per heavy atom. The van der Waals surface area contributed by atoms with Crippen molar-refractivity contribution in [3.05, 3.63) is 92.0 Å². The first-order valence-corrected chi connectivity index (χ1v) is 9.56. The van der Waals surface area contributed by atoms with Gasteiger partial charge in [0, 0.05) is 12.1 Å². The highest BCUT2D eigenvalue weighted by Gasteiger charge is 2.26. The first-order valence-electron chi connectivity index (χ1n) is 8.75. The number of thiazole rings is 1. The van der Waals surface area contributed by atoms with Gasteiger partial charge >= 0.3 is 11.8 Å². The molecule has 0 aliphatic carbocycles. The van der Waals surface area contributed by atoms with Gasteiger partial charge in [-0.15, -0.1) is 0 Å². The van der Waals surface area contributed by atoms with Gasteiger partial charge in [0.15, 0.2) is 0 Å². The van der Waals surface area contributed by atoms with E-state index in [4.69, 9.17) is 4.42 Å². The number of hydrogen-bond donors (Lipinski definition) is 0. The van der Waals surface area contributed by atoms with E-state index in [-0.39, 0.29) is 16.6 Å². The summed E-state index contributed by atoms with van der Waals surface area (Å²) in [5.74, 6) is -2.32. The SMILES string of the molecule is O=C(c1ccc([N+](=O)[O-])o1)N(/N=C/c1ccc([N+](=O)[O-])cc1)c1nc2ccc(F)cc2s1. The van der Waals surface area contributed by atoms with Gasteiger partial charge in [-0.2, -0.15) is 10.1 Å². The molecule has 0 aliphatic rings. The Balaban J connectivity index is 1.73. The molecular weight excluding hydrogens is 445 g/mol. The number of nitrogens with zero attached hydrogens (tertiary/aromatic N) is 5. The molecule has 160 valence electrons. The fraction of sp³-hybridized carbons (Fsp3) is 0. The van der Waals surface area contributed by atoms with E-state index in [1.165, 1.54) is 48.7 Å². The summed E-state index contributed by atoms with van der Waals surface area (Å²) in [4.78, 5) is 37.6. The number of carbonyl (C=O) groups is 1. The van der Waals surface area contributed by atoms with Crippen molar-refractivity contribution in [2.45, 2.75) is 0 Å². The van der Waals surface area contributed by atoms with E-state index in [2.05, 4.69) is 10.1 Å². The van der Waals surface area contributed by atoms with E-state index in [0.29, 0.717) is 15.8 Å². The molecule has 0 saturated heterocycles. The van der Waals surface area contributed by atoms with Crippen LogP contribution in [0.5, 0.6) is 0 Å². The van der Waals surface area contributed by atoms with Crippen molar-refractivity contribution in [1.29, 1.82) is 0 Å². The number of aromatic nitrogens is 1. The van der Waals surface area contributed by atoms with Crippen molar-refractivity contribution in [2.24, 2.45) is 5.10 Å². The first kappa shape index (κ1) is 20.7. The Morgan fingerprint density at radius 1 is 1.09 bits per heavy atom. The minimum atomic E-state index is -0.851. The number of rotatable bonds is 6. The van der Waals surface area contributed by atoms with Gasteiger partial charge in [-0.05, 0) is 42.0 Å². The van der Waals surface area contributed by atoms with Crippen molar-refractivity contribution in [3.63, 3.8) is 0 Å². The average Bonchev–Trinajstić information content (AvgIpc) is 3.41. The van der Waals surface area contributed by atoms with Crippen LogP contribution in [0.25, 0.3) is 10.2 Å². The highest BCUT2D eigenvalue weighted by Crippen LogP contribution is 2.31. The summed E-state index contributed by atoms with van der Waals surface area (Å²) >= 11 is 0.973. The lowest BCUT2D eigenvalue weighted by Crippen LogP contribution is -2.25. The molecule has 4 aromatic rings. The molecule has 32 heavy (non-hydrogen) atoms. The minimum absolute atomic E-state index is 0.0628. The van der Waals surface area contributed by atoms with Crippen molar-refractivity contribution in [2.75, 3.05) is 5.01 Å². The molecule has 0 spiro atoms. The molecule has 0 bridgehead atoms. The number of amides is 1. The molecule has 11 nitrogen and oxygen atoms in total. The van der Waals surface area contributed by atoms with Crippen molar-refractivity contribution >= 4 is 50.4 Å². The second-order valence-electron chi connectivity index (χ2n) is 6.21. The smallest absolute Gasteiger partial charge is 0.395 e. The van der Waals surface area contributed by atoms with Crippen LogP contribution in [-0.4, -0.2) is 27.0 Å². The Hall–Kier alpha value is -4.52. The third-order valence-corrected chi connectivity index (χ3v) is 5.12. The average molecular weight is 455 g/mol. The molecule has 0 aliphatic heterocycles. The second kappa shape index (κ2) is 8.31. The van der Waals surface area contributed by atoms with Crippen molar-refractivity contribution in [3.8, 4) is 0 Å². The molecule has 2 heterocycles. The number of nitro benzene ring substituents is 1. The molecule has 0 atom stereocenters. The van der Waals surface area contributed by atoms with Gasteiger partial charge in [0.25, 0.3) is 5.69 Å². The van der Waals surface area contributed by atoms with Crippen LogP contribution in [0.2, 0.25) is 0 Å². The molecule has 1 amide bonds. The van der Waals surface area contributed by atoms with E-state index < -0.39 is 27.5 Å². The topological polar surface area (TPSA) is 145 Å². The highest BCUT2D eigenvalue weighted by molar-refractivity contribution is 7.22.